The highest BCUT2D eigenvalue weighted by molar-refractivity contribution is 6.02. The molecule has 11 nitrogen and oxygen atoms in total. The van der Waals surface area contributed by atoms with Crippen LogP contribution in [0.1, 0.15) is 83.5 Å². The van der Waals surface area contributed by atoms with Crippen molar-refractivity contribution in [1.82, 2.24) is 5.32 Å². The van der Waals surface area contributed by atoms with Crippen LogP contribution in [0.5, 0.6) is 0 Å². The Kier molecular flexibility index (Phi) is 10.2. The second-order valence-electron chi connectivity index (χ2n) is 14.7. The fraction of sp³-hybridized carbons (Fsp3) is 0.824. The molecule has 0 spiro atoms. The zero-order chi connectivity index (χ0) is 31.9. The molecule has 5 unspecified atom stereocenters. The number of carbonyl (C=O) groups is 2. The third-order valence-corrected chi connectivity index (χ3v) is 11.8. The van der Waals surface area contributed by atoms with Crippen molar-refractivity contribution < 1.29 is 44.6 Å². The van der Waals surface area contributed by atoms with E-state index in [1.165, 1.54) is 19.3 Å². The minimum atomic E-state index is -2.03. The predicted octanol–water partition coefficient (Wildman–Crippen LogP) is 1.76. The quantitative estimate of drug-likeness (QED) is 0.206. The largest absolute Gasteiger partial charge is 0.512 e. The molecule has 0 aromatic carbocycles. The number of hydrogen-bond acceptors (Lipinski definition) is 11. The van der Waals surface area contributed by atoms with Crippen molar-refractivity contribution in [3.63, 3.8) is 0 Å². The van der Waals surface area contributed by atoms with E-state index in [2.05, 4.69) is 5.32 Å². The molecule has 2 saturated heterocycles. The number of rotatable bonds is 8. The minimum Gasteiger partial charge on any atom is -0.512 e. The smallest absolute Gasteiger partial charge is 0.187 e. The Hall–Kier alpha value is -1.70. The van der Waals surface area contributed by atoms with E-state index >= 15 is 0 Å². The second-order valence-corrected chi connectivity index (χ2v) is 14.7. The maximum absolute atomic E-state index is 14.1. The fourth-order valence-corrected chi connectivity index (χ4v) is 9.23. The lowest BCUT2D eigenvalue weighted by Crippen LogP contribution is -2.68. The zero-order valence-electron chi connectivity index (χ0n) is 26.1. The molecule has 0 amide bonds. The van der Waals surface area contributed by atoms with Crippen molar-refractivity contribution >= 4 is 11.6 Å². The third-order valence-electron chi connectivity index (χ3n) is 11.8. The molecule has 2 aliphatic heterocycles. The minimum absolute atomic E-state index is 0.0402. The number of fused-ring (bicyclic) bond motifs is 2. The number of Topliss-reactive ketones (excluding diaryl/α,β-unsaturated/α-hetero) is 2. The molecule has 6 rings (SSSR count). The van der Waals surface area contributed by atoms with Crippen molar-refractivity contribution in [3.8, 4) is 0 Å². The van der Waals surface area contributed by atoms with Crippen molar-refractivity contribution in [2.24, 2.45) is 41.2 Å². The number of carbonyl (C=O) groups excluding carboxylic acids is 2. The Balaban J connectivity index is 1.17. The zero-order valence-corrected chi connectivity index (χ0v) is 26.1. The first-order chi connectivity index (χ1) is 21.6. The Morgan fingerprint density at radius 1 is 1.00 bits per heavy atom. The Morgan fingerprint density at radius 2 is 1.78 bits per heavy atom. The van der Waals surface area contributed by atoms with Crippen molar-refractivity contribution in [2.45, 2.75) is 126 Å². The van der Waals surface area contributed by atoms with E-state index < -0.39 is 66.6 Å². The number of allylic oxidation sites excluding steroid dienone is 4. The number of piperidine rings is 1. The molecule has 2 heterocycles. The van der Waals surface area contributed by atoms with Gasteiger partial charge in [0.05, 0.1) is 36.6 Å². The number of hydrogen-bond donors (Lipinski definition) is 7. The van der Waals surface area contributed by atoms with E-state index in [0.29, 0.717) is 38.0 Å². The van der Waals surface area contributed by atoms with Crippen LogP contribution in [0.4, 0.5) is 0 Å². The summed E-state index contributed by atoms with van der Waals surface area (Å²) in [7, 11) is 0. The molecule has 5 fully saturated rings. The summed E-state index contributed by atoms with van der Waals surface area (Å²) in [5.74, 6) is -2.75. The summed E-state index contributed by atoms with van der Waals surface area (Å²) in [6.07, 6.45) is 7.13. The lowest BCUT2D eigenvalue weighted by Gasteiger charge is -2.50. The van der Waals surface area contributed by atoms with Crippen LogP contribution in [0.3, 0.4) is 0 Å². The first-order valence-corrected chi connectivity index (χ1v) is 17.3. The molecule has 6 aliphatic rings. The molecule has 8 N–H and O–H groups in total. The van der Waals surface area contributed by atoms with Gasteiger partial charge in [-0.2, -0.15) is 0 Å². The van der Waals surface area contributed by atoms with Crippen molar-refractivity contribution in [3.05, 3.63) is 23.5 Å². The van der Waals surface area contributed by atoms with Gasteiger partial charge in [0.15, 0.2) is 12.1 Å². The summed E-state index contributed by atoms with van der Waals surface area (Å²) >= 11 is 0. The van der Waals surface area contributed by atoms with Gasteiger partial charge in [0.25, 0.3) is 0 Å². The molecule has 3 saturated carbocycles. The monoisotopic (exact) mass is 632 g/mol. The van der Waals surface area contributed by atoms with Crippen LogP contribution in [0.15, 0.2) is 23.5 Å². The maximum Gasteiger partial charge on any atom is 0.187 e. The molecule has 0 aromatic heterocycles. The van der Waals surface area contributed by atoms with Gasteiger partial charge in [0.2, 0.25) is 0 Å². The average Bonchev–Trinajstić information content (AvgIpc) is 3.03. The Morgan fingerprint density at radius 3 is 2.51 bits per heavy atom. The molecule has 252 valence electrons. The molecule has 0 radical (unpaired) electrons. The van der Waals surface area contributed by atoms with Gasteiger partial charge < -0.3 is 46.1 Å². The topological polar surface area (TPSA) is 192 Å². The number of nitrogens with one attached hydrogen (secondary N) is 1. The number of aliphatic hydroxyl groups is 5. The molecule has 11 heteroatoms. The van der Waals surface area contributed by atoms with E-state index in [1.54, 1.807) is 6.08 Å². The van der Waals surface area contributed by atoms with Crippen molar-refractivity contribution in [1.29, 1.82) is 0 Å². The molecular weight excluding hydrogens is 580 g/mol. The van der Waals surface area contributed by atoms with Gasteiger partial charge in [0, 0.05) is 5.92 Å². The molecule has 0 aromatic rings. The normalized spacial score (nSPS) is 44.5. The Labute approximate surface area is 265 Å². The van der Waals surface area contributed by atoms with E-state index in [1.807, 2.05) is 6.08 Å². The summed E-state index contributed by atoms with van der Waals surface area (Å²) in [6.45, 7) is 0.130. The van der Waals surface area contributed by atoms with E-state index in [9.17, 15) is 35.1 Å². The van der Waals surface area contributed by atoms with Gasteiger partial charge in [0.1, 0.15) is 35.5 Å². The van der Waals surface area contributed by atoms with E-state index in [4.69, 9.17) is 15.2 Å². The Bertz CT molecular complexity index is 1150. The van der Waals surface area contributed by atoms with Crippen LogP contribution in [-0.2, 0) is 19.1 Å². The van der Waals surface area contributed by atoms with Gasteiger partial charge in [-0.1, -0.05) is 44.6 Å². The molecule has 0 bridgehead atoms. The van der Waals surface area contributed by atoms with E-state index in [-0.39, 0.29) is 35.8 Å². The number of ketones is 2. The van der Waals surface area contributed by atoms with Crippen LogP contribution in [0, 0.1) is 35.5 Å². The molecule has 4 aliphatic carbocycles. The summed E-state index contributed by atoms with van der Waals surface area (Å²) < 4.78 is 12.1. The molecule has 45 heavy (non-hydrogen) atoms. The van der Waals surface area contributed by atoms with Gasteiger partial charge in [-0.05, 0) is 75.0 Å². The van der Waals surface area contributed by atoms with Gasteiger partial charge in [-0.25, -0.2) is 0 Å². The van der Waals surface area contributed by atoms with Crippen LogP contribution >= 0.6 is 0 Å². The van der Waals surface area contributed by atoms with Crippen LogP contribution in [-0.4, -0.2) is 92.7 Å². The SMILES string of the molecule is NC1CC(CC[C@]2(O)[C@H](O)[C@@H](CO)O[C@H](OC3CCCC4C(=O)[C@H]5C=C(CC6CCCCC6)C=C(O)[C@@H]5C(=O)C34)[C@@H]2O)CCN1. The molecular formula is C34H52N2O9. The second kappa shape index (κ2) is 13.8. The van der Waals surface area contributed by atoms with Crippen LogP contribution in [0.25, 0.3) is 0 Å². The van der Waals surface area contributed by atoms with Crippen molar-refractivity contribution in [2.75, 3.05) is 13.2 Å². The highest BCUT2D eigenvalue weighted by Crippen LogP contribution is 2.48. The highest BCUT2D eigenvalue weighted by Gasteiger charge is 2.59. The number of nitrogens with two attached hydrogens (primary N) is 1. The highest BCUT2D eigenvalue weighted by atomic mass is 16.7. The third kappa shape index (κ3) is 6.56. The maximum atomic E-state index is 14.1. The standard InChI is InChI=1S/C34H52N2O9/c35-26-16-19(10-12-36-26)9-11-34(43)31(41)25(17-37)45-33(32(34)42)44-24-8-4-7-21-28(24)30(40)27-22(29(21)39)14-20(15-23(27)38)13-18-5-2-1-3-6-18/h14-15,18-19,21-22,24-28,31-33,36-38,41-43H,1-13,16-17,35H2/t19?,21?,22-,24?,25+,26?,27+,28?,31+,32-,33-,34-/m0/s1. The first-order valence-electron chi connectivity index (χ1n) is 17.3. The average molecular weight is 633 g/mol. The lowest BCUT2D eigenvalue weighted by molar-refractivity contribution is -0.346. The summed E-state index contributed by atoms with van der Waals surface area (Å²) in [5, 5.41) is 58.4. The predicted molar refractivity (Wildman–Crippen MR) is 163 cm³/mol. The summed E-state index contributed by atoms with van der Waals surface area (Å²) in [5.41, 5.74) is 4.95. The summed E-state index contributed by atoms with van der Waals surface area (Å²) in [6, 6.07) is 0. The lowest BCUT2D eigenvalue weighted by atomic mass is 9.59. The van der Waals surface area contributed by atoms with Crippen LogP contribution in [0.2, 0.25) is 0 Å². The number of ether oxygens (including phenoxy) is 2. The number of aliphatic hydroxyl groups excluding tert-OH is 4. The first kappa shape index (κ1) is 33.2. The van der Waals surface area contributed by atoms with E-state index in [0.717, 1.165) is 37.8 Å². The van der Waals surface area contributed by atoms with Gasteiger partial charge in [-0.3, -0.25) is 9.59 Å². The summed E-state index contributed by atoms with van der Waals surface area (Å²) in [4.78, 5) is 28.0. The van der Waals surface area contributed by atoms with Gasteiger partial charge >= 0.3 is 0 Å². The fourth-order valence-electron chi connectivity index (χ4n) is 9.23. The van der Waals surface area contributed by atoms with Crippen LogP contribution < -0.4 is 11.1 Å². The molecule has 12 atom stereocenters. The van der Waals surface area contributed by atoms with Gasteiger partial charge in [-0.15, -0.1) is 0 Å².